The molecule has 0 spiro atoms. The molecule has 1 rings (SSSR count). The fourth-order valence-electron chi connectivity index (χ4n) is 0.291. The normalized spacial score (nSPS) is 28.0. The second-order valence-corrected chi connectivity index (χ2v) is 2.58. The largest absolute Gasteiger partial charge is 0.292 e. The Balaban J connectivity index is 2.76. The van der Waals surface area contributed by atoms with E-state index in [1.165, 1.54) is 5.41 Å². The average Bonchev–Trinajstić information content (AvgIpc) is 1.87. The molecule has 1 unspecified atom stereocenters. The monoisotopic (exact) mass is 133 g/mol. The summed E-state index contributed by atoms with van der Waals surface area (Å²) in [5, 5.41) is 1.52. The minimum Gasteiger partial charge on any atom is -0.292 e. The Morgan fingerprint density at radius 1 is 1.86 bits per heavy atom. The maximum absolute atomic E-state index is 10.3. The maximum atomic E-state index is 10.3. The van der Waals surface area contributed by atoms with Gasteiger partial charge in [-0.2, -0.15) is 0 Å². The number of hydrogen-bond donors (Lipinski definition) is 1. The molecular weight excluding hydrogens is 130 g/mol. The third kappa shape index (κ3) is 1.07. The Labute approximate surface area is 49.2 Å². The van der Waals surface area contributed by atoms with Crippen LogP contribution in [0.5, 0.6) is 0 Å². The van der Waals surface area contributed by atoms with Crippen molar-refractivity contribution in [2.45, 2.75) is 0 Å². The molecule has 0 bridgehead atoms. The molecule has 0 saturated carbocycles. The highest BCUT2D eigenvalue weighted by Crippen LogP contribution is 1.90. The van der Waals surface area contributed by atoms with E-state index in [1.54, 1.807) is 6.08 Å². The van der Waals surface area contributed by atoms with Crippen molar-refractivity contribution in [2.24, 2.45) is 0 Å². The summed E-state index contributed by atoms with van der Waals surface area (Å²) >= 11 is 4.61. The third-order valence-corrected chi connectivity index (χ3v) is 1.72. The molecule has 1 heterocycles. The molecule has 4 heteroatoms. The number of hydrogen-bond acceptors (Lipinski definition) is 2. The van der Waals surface area contributed by atoms with Crippen molar-refractivity contribution >= 4 is 28.2 Å². The molecule has 0 saturated heterocycles. The van der Waals surface area contributed by atoms with E-state index in [4.69, 9.17) is 0 Å². The number of nitrogens with one attached hydrogen (secondary N) is 1. The predicted octanol–water partition coefficient (Wildman–Crippen LogP) is 0.0944. The third-order valence-electron chi connectivity index (χ3n) is 0.544. The lowest BCUT2D eigenvalue weighted by Crippen LogP contribution is -2.12. The molecule has 0 aromatic carbocycles. The van der Waals surface area contributed by atoms with Crippen LogP contribution in [0.15, 0.2) is 11.5 Å². The smallest absolute Gasteiger partial charge is 0.143 e. The number of rotatable bonds is 0. The molecule has 7 heavy (non-hydrogen) atoms. The first kappa shape index (κ1) is 4.93. The van der Waals surface area contributed by atoms with E-state index in [2.05, 4.69) is 16.9 Å². The molecule has 0 fully saturated rings. The van der Waals surface area contributed by atoms with Gasteiger partial charge in [0.15, 0.2) is 0 Å². The van der Waals surface area contributed by atoms with Gasteiger partial charge in [0.25, 0.3) is 0 Å². The lowest BCUT2D eigenvalue weighted by molar-refractivity contribution is 0.687. The predicted molar refractivity (Wildman–Crippen MR) is 33.0 cm³/mol. The van der Waals surface area contributed by atoms with Crippen molar-refractivity contribution in [3.63, 3.8) is 0 Å². The minimum absolute atomic E-state index is 0.554. The molecule has 0 aromatic rings. The zero-order chi connectivity index (χ0) is 5.28. The van der Waals surface area contributed by atoms with Crippen molar-refractivity contribution < 1.29 is 4.21 Å². The van der Waals surface area contributed by atoms with Crippen LogP contribution in [-0.2, 0) is 11.0 Å². The first-order valence-corrected chi connectivity index (χ1v) is 3.30. The van der Waals surface area contributed by atoms with Gasteiger partial charge >= 0.3 is 0 Å². The van der Waals surface area contributed by atoms with Crippen LogP contribution >= 0.6 is 12.2 Å². The molecule has 0 radical (unpaired) electrons. The van der Waals surface area contributed by atoms with Gasteiger partial charge in [0.1, 0.15) is 16.0 Å². The van der Waals surface area contributed by atoms with Crippen molar-refractivity contribution in [1.29, 1.82) is 0 Å². The summed E-state index contributed by atoms with van der Waals surface area (Å²) < 4.78 is 12.8. The van der Waals surface area contributed by atoms with Gasteiger partial charge in [-0.3, -0.25) is 4.72 Å². The standard InChI is InChI=1S/C3H3NOS2/c5-7-2-1-3(6)4-7/h1-2H,(H,4,6). The van der Waals surface area contributed by atoms with Crippen LogP contribution in [0.2, 0.25) is 0 Å². The second kappa shape index (κ2) is 1.71. The van der Waals surface area contributed by atoms with Gasteiger partial charge in [0, 0.05) is 5.41 Å². The van der Waals surface area contributed by atoms with Crippen molar-refractivity contribution in [3.05, 3.63) is 11.5 Å². The molecule has 1 atom stereocenters. The summed E-state index contributed by atoms with van der Waals surface area (Å²) in [4.78, 5) is 0.554. The fourth-order valence-corrected chi connectivity index (χ4v) is 1.29. The highest BCUT2D eigenvalue weighted by molar-refractivity contribution is 7.90. The van der Waals surface area contributed by atoms with E-state index in [0.29, 0.717) is 4.99 Å². The lowest BCUT2D eigenvalue weighted by atomic mass is 10.7. The highest BCUT2D eigenvalue weighted by Gasteiger charge is 2.01. The van der Waals surface area contributed by atoms with Crippen molar-refractivity contribution in [3.8, 4) is 0 Å². The van der Waals surface area contributed by atoms with E-state index in [-0.39, 0.29) is 0 Å². The molecule has 0 aliphatic carbocycles. The first-order valence-electron chi connectivity index (χ1n) is 1.68. The SMILES string of the molecule is O=S1C=CC(=S)N1. The zero-order valence-electron chi connectivity index (χ0n) is 3.38. The lowest BCUT2D eigenvalue weighted by Gasteiger charge is -1.84. The molecule has 1 aliphatic heterocycles. The summed E-state index contributed by atoms with van der Waals surface area (Å²) in [7, 11) is -1.02. The van der Waals surface area contributed by atoms with Gasteiger partial charge < -0.3 is 0 Å². The van der Waals surface area contributed by atoms with Crippen molar-refractivity contribution in [1.82, 2.24) is 4.72 Å². The minimum atomic E-state index is -1.02. The van der Waals surface area contributed by atoms with Crippen LogP contribution in [0.25, 0.3) is 0 Å². The first-order chi connectivity index (χ1) is 3.29. The van der Waals surface area contributed by atoms with Crippen LogP contribution in [0.1, 0.15) is 0 Å². The summed E-state index contributed by atoms with van der Waals surface area (Å²) in [6.45, 7) is 0. The highest BCUT2D eigenvalue weighted by atomic mass is 32.2. The molecule has 1 aliphatic rings. The van der Waals surface area contributed by atoms with Gasteiger partial charge in [-0.25, -0.2) is 4.21 Å². The molecule has 38 valence electrons. The average molecular weight is 133 g/mol. The van der Waals surface area contributed by atoms with Gasteiger partial charge in [0.05, 0.1) is 0 Å². The van der Waals surface area contributed by atoms with Crippen LogP contribution in [-0.4, -0.2) is 9.20 Å². The summed E-state index contributed by atoms with van der Waals surface area (Å²) in [6, 6.07) is 0. The summed E-state index contributed by atoms with van der Waals surface area (Å²) in [5.41, 5.74) is 0. The molecule has 0 aromatic heterocycles. The Morgan fingerprint density at radius 3 is 2.71 bits per heavy atom. The Bertz CT molecular complexity index is 135. The van der Waals surface area contributed by atoms with Crippen LogP contribution in [0, 0.1) is 0 Å². The summed E-state index contributed by atoms with van der Waals surface area (Å²) in [6.07, 6.45) is 1.62. The maximum Gasteiger partial charge on any atom is 0.143 e. The molecule has 2 nitrogen and oxygen atoms in total. The number of thiocarbonyl (C=S) groups is 1. The van der Waals surface area contributed by atoms with Gasteiger partial charge in [-0.1, -0.05) is 12.2 Å². The molecule has 0 amide bonds. The summed E-state index contributed by atoms with van der Waals surface area (Å²) in [5.74, 6) is 0. The van der Waals surface area contributed by atoms with Crippen LogP contribution < -0.4 is 4.72 Å². The van der Waals surface area contributed by atoms with Gasteiger partial charge in [0.2, 0.25) is 0 Å². The van der Waals surface area contributed by atoms with Crippen LogP contribution in [0.3, 0.4) is 0 Å². The zero-order valence-corrected chi connectivity index (χ0v) is 5.01. The van der Waals surface area contributed by atoms with E-state index in [9.17, 15) is 4.21 Å². The van der Waals surface area contributed by atoms with Crippen LogP contribution in [0.4, 0.5) is 0 Å². The Morgan fingerprint density at radius 2 is 2.57 bits per heavy atom. The quantitative estimate of drug-likeness (QED) is 0.475. The topological polar surface area (TPSA) is 29.1 Å². The van der Waals surface area contributed by atoms with E-state index < -0.39 is 11.0 Å². The Kier molecular flexibility index (Phi) is 1.21. The fraction of sp³-hybridized carbons (Fsp3) is 0. The van der Waals surface area contributed by atoms with Gasteiger partial charge in [-0.05, 0) is 6.08 Å². The van der Waals surface area contributed by atoms with Crippen molar-refractivity contribution in [2.75, 3.05) is 0 Å². The molecular formula is C3H3NOS2. The van der Waals surface area contributed by atoms with E-state index >= 15 is 0 Å². The van der Waals surface area contributed by atoms with E-state index in [0.717, 1.165) is 0 Å². The van der Waals surface area contributed by atoms with Gasteiger partial charge in [-0.15, -0.1) is 0 Å². The molecule has 1 N–H and O–H groups in total. The van der Waals surface area contributed by atoms with E-state index in [1.807, 2.05) is 0 Å². The Hall–Kier alpha value is -0.220. The second-order valence-electron chi connectivity index (χ2n) is 1.07.